The van der Waals surface area contributed by atoms with Crippen LogP contribution in [0.3, 0.4) is 0 Å². The molecule has 8 heteroatoms. The van der Waals surface area contributed by atoms with Gasteiger partial charge in [-0.2, -0.15) is 10.1 Å². The fourth-order valence-electron chi connectivity index (χ4n) is 2.70. The first kappa shape index (κ1) is 13.2. The van der Waals surface area contributed by atoms with Crippen LogP contribution >= 0.6 is 0 Å². The molecule has 0 fully saturated rings. The fraction of sp³-hybridized carbons (Fsp3) is 0.214. The van der Waals surface area contributed by atoms with Crippen LogP contribution in [0.5, 0.6) is 0 Å². The van der Waals surface area contributed by atoms with Gasteiger partial charge in [-0.05, 0) is 18.6 Å². The lowest BCUT2D eigenvalue weighted by Crippen LogP contribution is -2.38. The Balaban J connectivity index is 1.92. The zero-order valence-corrected chi connectivity index (χ0v) is 12.4. The number of aromatic nitrogens is 4. The molecule has 3 aromatic rings. The quantitative estimate of drug-likeness (QED) is 0.714. The molecule has 2 aromatic heterocycles. The molecule has 0 saturated carbocycles. The van der Waals surface area contributed by atoms with E-state index in [1.165, 1.54) is 10.6 Å². The number of rotatable bonds is 2. The highest BCUT2D eigenvalue weighted by atomic mass is 32.2. The Kier molecular flexibility index (Phi) is 2.86. The van der Waals surface area contributed by atoms with E-state index in [2.05, 4.69) is 15.1 Å². The van der Waals surface area contributed by atoms with Crippen LogP contribution in [0.4, 0.5) is 5.95 Å². The van der Waals surface area contributed by atoms with Gasteiger partial charge in [0.2, 0.25) is 5.95 Å². The topological polar surface area (TPSA) is 81.0 Å². The smallest absolute Gasteiger partial charge is 0.255 e. The summed E-state index contributed by atoms with van der Waals surface area (Å²) in [6.45, 7) is 1.07. The number of para-hydroxylation sites is 1. The van der Waals surface area contributed by atoms with Crippen molar-refractivity contribution in [2.24, 2.45) is 0 Å². The molecule has 0 unspecified atom stereocenters. The highest BCUT2D eigenvalue weighted by molar-refractivity contribution is 7.93. The lowest BCUT2D eigenvalue weighted by Gasteiger charge is -2.27. The van der Waals surface area contributed by atoms with Crippen LogP contribution in [-0.4, -0.2) is 34.7 Å². The Morgan fingerprint density at radius 1 is 1.05 bits per heavy atom. The summed E-state index contributed by atoms with van der Waals surface area (Å²) in [5.74, 6) is 0.360. The second-order valence-corrected chi connectivity index (χ2v) is 6.88. The third kappa shape index (κ3) is 1.87. The molecule has 1 aliphatic heterocycles. The van der Waals surface area contributed by atoms with Crippen LogP contribution in [0.15, 0.2) is 47.8 Å². The molecular weight excluding hydrogens is 302 g/mol. The molecule has 0 atom stereocenters. The average molecular weight is 315 g/mol. The number of hydrogen-bond acceptors (Lipinski definition) is 5. The maximum Gasteiger partial charge on any atom is 0.268 e. The van der Waals surface area contributed by atoms with E-state index in [0.717, 1.165) is 5.39 Å². The van der Waals surface area contributed by atoms with Gasteiger partial charge < -0.3 is 0 Å². The zero-order valence-electron chi connectivity index (χ0n) is 11.6. The summed E-state index contributed by atoms with van der Waals surface area (Å²) in [5.41, 5.74) is 0.474. The van der Waals surface area contributed by atoms with Crippen molar-refractivity contribution in [1.29, 1.82) is 0 Å². The Hall–Kier alpha value is -2.48. The summed E-state index contributed by atoms with van der Waals surface area (Å²) in [5, 5.41) is 4.85. The van der Waals surface area contributed by atoms with Crippen LogP contribution in [-0.2, 0) is 16.6 Å². The van der Waals surface area contributed by atoms with Gasteiger partial charge in [0.25, 0.3) is 10.0 Å². The molecule has 0 N–H and O–H groups in total. The molecule has 3 heterocycles. The minimum Gasteiger partial charge on any atom is -0.255 e. The van der Waals surface area contributed by atoms with Crippen LogP contribution < -0.4 is 4.31 Å². The van der Waals surface area contributed by atoms with Crippen molar-refractivity contribution in [3.63, 3.8) is 0 Å². The molecular formula is C14H13N5O2S. The van der Waals surface area contributed by atoms with E-state index in [-0.39, 0.29) is 4.90 Å². The second-order valence-electron chi connectivity index (χ2n) is 5.05. The van der Waals surface area contributed by atoms with Gasteiger partial charge >= 0.3 is 0 Å². The molecule has 0 spiro atoms. The predicted molar refractivity (Wildman–Crippen MR) is 80.9 cm³/mol. The van der Waals surface area contributed by atoms with E-state index in [1.807, 2.05) is 12.1 Å². The molecule has 0 aliphatic carbocycles. The van der Waals surface area contributed by atoms with E-state index in [9.17, 15) is 8.42 Å². The molecule has 0 amide bonds. The van der Waals surface area contributed by atoms with Crippen LogP contribution in [0.25, 0.3) is 10.9 Å². The molecule has 22 heavy (non-hydrogen) atoms. The van der Waals surface area contributed by atoms with Gasteiger partial charge in [0.15, 0.2) is 0 Å². The number of sulfonamides is 1. The fourth-order valence-corrected chi connectivity index (χ4v) is 4.33. The Bertz CT molecular complexity index is 945. The van der Waals surface area contributed by atoms with E-state index in [0.29, 0.717) is 31.0 Å². The van der Waals surface area contributed by atoms with E-state index < -0.39 is 10.0 Å². The Labute approximate surface area is 127 Å². The SMILES string of the molecule is O=S(=O)(c1cccc2cccnc12)N1CCCn2ncnc21. The highest BCUT2D eigenvalue weighted by Crippen LogP contribution is 2.28. The van der Waals surface area contributed by atoms with Gasteiger partial charge in [-0.15, -0.1) is 0 Å². The molecule has 1 aromatic carbocycles. The van der Waals surface area contributed by atoms with E-state index >= 15 is 0 Å². The van der Waals surface area contributed by atoms with Gasteiger partial charge in [-0.3, -0.25) is 4.98 Å². The zero-order chi connectivity index (χ0) is 15.2. The number of hydrogen-bond donors (Lipinski definition) is 0. The maximum atomic E-state index is 13.1. The lowest BCUT2D eigenvalue weighted by atomic mass is 10.2. The molecule has 1 aliphatic rings. The van der Waals surface area contributed by atoms with Gasteiger partial charge in [0.1, 0.15) is 11.2 Å². The lowest BCUT2D eigenvalue weighted by molar-refractivity contribution is 0.530. The van der Waals surface area contributed by atoms with Crippen molar-refractivity contribution in [2.75, 3.05) is 10.8 Å². The minimum atomic E-state index is -3.72. The van der Waals surface area contributed by atoms with Gasteiger partial charge in [0, 0.05) is 24.7 Å². The summed E-state index contributed by atoms with van der Waals surface area (Å²) in [7, 11) is -3.72. The highest BCUT2D eigenvalue weighted by Gasteiger charge is 2.32. The first-order chi connectivity index (χ1) is 10.7. The number of benzene rings is 1. The Morgan fingerprint density at radius 2 is 1.91 bits per heavy atom. The predicted octanol–water partition coefficient (Wildman–Crippen LogP) is 1.43. The summed E-state index contributed by atoms with van der Waals surface area (Å²) >= 11 is 0. The van der Waals surface area contributed by atoms with Crippen molar-refractivity contribution in [3.8, 4) is 0 Å². The second kappa shape index (κ2) is 4.77. The number of pyridine rings is 1. The normalized spacial score (nSPS) is 15.0. The van der Waals surface area contributed by atoms with Gasteiger partial charge in [0.05, 0.1) is 5.52 Å². The average Bonchev–Trinajstić information content (AvgIpc) is 3.02. The van der Waals surface area contributed by atoms with Crippen molar-refractivity contribution in [3.05, 3.63) is 42.9 Å². The Morgan fingerprint density at radius 3 is 2.82 bits per heavy atom. The number of fused-ring (bicyclic) bond motifs is 2. The van der Waals surface area contributed by atoms with Crippen LogP contribution in [0.1, 0.15) is 6.42 Å². The molecule has 112 valence electrons. The summed E-state index contributed by atoms with van der Waals surface area (Å²) < 4.78 is 29.1. The maximum absolute atomic E-state index is 13.1. The van der Waals surface area contributed by atoms with Crippen LogP contribution in [0, 0.1) is 0 Å². The summed E-state index contributed by atoms with van der Waals surface area (Å²) in [6, 6.07) is 8.79. The van der Waals surface area contributed by atoms with Gasteiger partial charge in [-0.1, -0.05) is 18.2 Å². The number of anilines is 1. The van der Waals surface area contributed by atoms with Crippen molar-refractivity contribution in [1.82, 2.24) is 19.7 Å². The van der Waals surface area contributed by atoms with E-state index in [1.54, 1.807) is 29.1 Å². The first-order valence-corrected chi connectivity index (χ1v) is 8.36. The summed E-state index contributed by atoms with van der Waals surface area (Å²) in [4.78, 5) is 8.52. The number of aryl methyl sites for hydroxylation is 1. The van der Waals surface area contributed by atoms with Crippen molar-refractivity contribution >= 4 is 26.9 Å². The van der Waals surface area contributed by atoms with Crippen molar-refractivity contribution in [2.45, 2.75) is 17.9 Å². The summed E-state index contributed by atoms with van der Waals surface area (Å²) in [6.07, 6.45) is 3.68. The third-order valence-electron chi connectivity index (χ3n) is 3.71. The molecule has 7 nitrogen and oxygen atoms in total. The number of nitrogens with zero attached hydrogens (tertiary/aromatic N) is 5. The van der Waals surface area contributed by atoms with Crippen LogP contribution in [0.2, 0.25) is 0 Å². The monoisotopic (exact) mass is 315 g/mol. The molecule has 0 radical (unpaired) electrons. The van der Waals surface area contributed by atoms with E-state index in [4.69, 9.17) is 0 Å². The standard InChI is InChI=1S/C14H13N5O2S/c20-22(21,19-9-3-8-18-14(19)16-10-17-18)12-6-1-4-11-5-2-7-15-13(11)12/h1-2,4-7,10H,3,8-9H2. The minimum absolute atomic E-state index is 0.196. The molecule has 0 bridgehead atoms. The largest absolute Gasteiger partial charge is 0.268 e. The van der Waals surface area contributed by atoms with Crippen molar-refractivity contribution < 1.29 is 8.42 Å². The molecule has 0 saturated heterocycles. The third-order valence-corrected chi connectivity index (χ3v) is 5.52. The first-order valence-electron chi connectivity index (χ1n) is 6.92. The molecule has 4 rings (SSSR count). The van der Waals surface area contributed by atoms with Gasteiger partial charge in [-0.25, -0.2) is 17.4 Å².